The van der Waals surface area contributed by atoms with Gasteiger partial charge in [-0.05, 0) is 12.5 Å². The van der Waals surface area contributed by atoms with Crippen molar-refractivity contribution in [2.24, 2.45) is 0 Å². The number of thioether (sulfide) groups is 1. The molecule has 2 heterocycles. The number of aromatic nitrogens is 2. The van der Waals surface area contributed by atoms with Crippen LogP contribution in [0.25, 0.3) is 0 Å². The maximum atomic E-state index is 5.37. The van der Waals surface area contributed by atoms with Crippen molar-refractivity contribution in [3.05, 3.63) is 47.1 Å². The van der Waals surface area contributed by atoms with Crippen LogP contribution in [0.5, 0.6) is 0 Å². The monoisotopic (exact) mass is 275 g/mol. The molecule has 5 heteroatoms. The van der Waals surface area contributed by atoms with Crippen molar-refractivity contribution in [2.45, 2.75) is 19.4 Å². The van der Waals surface area contributed by atoms with Gasteiger partial charge in [0.1, 0.15) is 0 Å². The fourth-order valence-corrected chi connectivity index (χ4v) is 3.13. The highest BCUT2D eigenvalue weighted by atomic mass is 32.2. The number of nitrogens with zero attached hydrogens (tertiary/aromatic N) is 2. The molecule has 0 spiro atoms. The highest BCUT2D eigenvalue weighted by molar-refractivity contribution is 7.99. The largest absolute Gasteiger partial charge is 0.338 e. The van der Waals surface area contributed by atoms with E-state index in [1.807, 2.05) is 11.8 Å². The average molecular weight is 275 g/mol. The van der Waals surface area contributed by atoms with Gasteiger partial charge in [-0.2, -0.15) is 16.7 Å². The second-order valence-electron chi connectivity index (χ2n) is 4.80. The highest BCUT2D eigenvalue weighted by Crippen LogP contribution is 2.20. The van der Waals surface area contributed by atoms with E-state index < -0.39 is 0 Å². The SMILES string of the molecule is Cc1cccc(Cc2noc(C3CSCCN3)n2)c1. The fraction of sp³-hybridized carbons (Fsp3) is 0.429. The first-order chi connectivity index (χ1) is 9.31. The smallest absolute Gasteiger partial charge is 0.244 e. The average Bonchev–Trinajstić information content (AvgIpc) is 2.88. The number of nitrogens with one attached hydrogen (secondary N) is 1. The maximum absolute atomic E-state index is 5.37. The van der Waals surface area contributed by atoms with Crippen LogP contribution in [0.2, 0.25) is 0 Å². The molecule has 4 nitrogen and oxygen atoms in total. The molecule has 1 aliphatic heterocycles. The zero-order valence-corrected chi connectivity index (χ0v) is 11.7. The molecule has 0 bridgehead atoms. The summed E-state index contributed by atoms with van der Waals surface area (Å²) >= 11 is 1.92. The zero-order valence-electron chi connectivity index (χ0n) is 10.9. The van der Waals surface area contributed by atoms with Gasteiger partial charge in [0.25, 0.3) is 0 Å². The van der Waals surface area contributed by atoms with E-state index in [9.17, 15) is 0 Å². The van der Waals surface area contributed by atoms with Gasteiger partial charge in [0.05, 0.1) is 6.04 Å². The van der Waals surface area contributed by atoms with Gasteiger partial charge in [0.2, 0.25) is 5.89 Å². The minimum atomic E-state index is 0.206. The van der Waals surface area contributed by atoms with E-state index in [1.54, 1.807) is 0 Å². The number of hydrogen-bond acceptors (Lipinski definition) is 5. The summed E-state index contributed by atoms with van der Waals surface area (Å²) in [5.74, 6) is 3.64. The van der Waals surface area contributed by atoms with Crippen molar-refractivity contribution in [1.82, 2.24) is 15.5 Å². The van der Waals surface area contributed by atoms with Crippen LogP contribution in [0.3, 0.4) is 0 Å². The summed E-state index contributed by atoms with van der Waals surface area (Å²) in [5.41, 5.74) is 2.48. The lowest BCUT2D eigenvalue weighted by atomic mass is 10.1. The summed E-state index contributed by atoms with van der Waals surface area (Å²) in [6, 6.07) is 8.61. The van der Waals surface area contributed by atoms with Crippen LogP contribution in [-0.2, 0) is 6.42 Å². The van der Waals surface area contributed by atoms with Crippen LogP contribution in [-0.4, -0.2) is 28.2 Å². The third kappa shape index (κ3) is 3.16. The summed E-state index contributed by atoms with van der Waals surface area (Å²) < 4.78 is 5.37. The van der Waals surface area contributed by atoms with Crippen molar-refractivity contribution < 1.29 is 4.52 Å². The molecule has 0 saturated carbocycles. The Kier molecular flexibility index (Phi) is 3.84. The molecule has 0 aliphatic carbocycles. The minimum absolute atomic E-state index is 0.206. The Bertz CT molecular complexity index is 549. The van der Waals surface area contributed by atoms with Gasteiger partial charge in [-0.3, -0.25) is 0 Å². The molecule has 0 amide bonds. The van der Waals surface area contributed by atoms with E-state index in [0.717, 1.165) is 36.2 Å². The van der Waals surface area contributed by atoms with Gasteiger partial charge in [-0.15, -0.1) is 0 Å². The zero-order chi connectivity index (χ0) is 13.1. The summed E-state index contributed by atoms with van der Waals surface area (Å²) in [4.78, 5) is 4.51. The van der Waals surface area contributed by atoms with Gasteiger partial charge in [-0.1, -0.05) is 35.0 Å². The molecule has 19 heavy (non-hydrogen) atoms. The first-order valence-corrected chi connectivity index (χ1v) is 7.66. The Morgan fingerprint density at radius 1 is 1.47 bits per heavy atom. The minimum Gasteiger partial charge on any atom is -0.338 e. The molecule has 3 rings (SSSR count). The molecule has 1 saturated heterocycles. The van der Waals surface area contributed by atoms with Gasteiger partial charge >= 0.3 is 0 Å². The molecule has 2 aromatic rings. The molecule has 1 atom stereocenters. The first kappa shape index (κ1) is 12.7. The quantitative estimate of drug-likeness (QED) is 0.932. The van der Waals surface area contributed by atoms with E-state index in [-0.39, 0.29) is 6.04 Å². The molecule has 1 unspecified atom stereocenters. The summed E-state index contributed by atoms with van der Waals surface area (Å²) in [5, 5.41) is 7.49. The standard InChI is InChI=1S/C14H17N3OS/c1-10-3-2-4-11(7-10)8-13-16-14(18-17-13)12-9-19-6-5-15-12/h2-4,7,12,15H,5-6,8-9H2,1H3. The van der Waals surface area contributed by atoms with Crippen LogP contribution < -0.4 is 5.32 Å². The Labute approximate surface area is 117 Å². The second-order valence-corrected chi connectivity index (χ2v) is 5.95. The lowest BCUT2D eigenvalue weighted by Crippen LogP contribution is -2.30. The second kappa shape index (κ2) is 5.75. The molecule has 1 aromatic heterocycles. The maximum Gasteiger partial charge on any atom is 0.244 e. The number of benzene rings is 1. The van der Waals surface area contributed by atoms with E-state index in [2.05, 4.69) is 46.6 Å². The number of rotatable bonds is 3. The molecular formula is C14H17N3OS. The van der Waals surface area contributed by atoms with E-state index in [1.165, 1.54) is 11.1 Å². The van der Waals surface area contributed by atoms with Crippen LogP contribution >= 0.6 is 11.8 Å². The summed E-state index contributed by atoms with van der Waals surface area (Å²) in [6.07, 6.45) is 0.727. The molecule has 1 aromatic carbocycles. The van der Waals surface area contributed by atoms with Crippen molar-refractivity contribution in [2.75, 3.05) is 18.1 Å². The van der Waals surface area contributed by atoms with Crippen LogP contribution in [0.4, 0.5) is 0 Å². The molecule has 0 radical (unpaired) electrons. The molecule has 100 valence electrons. The number of aryl methyl sites for hydroxylation is 1. The van der Waals surface area contributed by atoms with Crippen LogP contribution in [0, 0.1) is 6.92 Å². The Morgan fingerprint density at radius 2 is 2.42 bits per heavy atom. The normalized spacial score (nSPS) is 19.5. The van der Waals surface area contributed by atoms with Gasteiger partial charge in [0.15, 0.2) is 5.82 Å². The molecule has 1 aliphatic rings. The lowest BCUT2D eigenvalue weighted by molar-refractivity contribution is 0.339. The third-order valence-corrected chi connectivity index (χ3v) is 4.21. The van der Waals surface area contributed by atoms with Gasteiger partial charge in [0, 0.05) is 24.5 Å². The fourth-order valence-electron chi connectivity index (χ4n) is 2.21. The van der Waals surface area contributed by atoms with Crippen molar-refractivity contribution in [3.63, 3.8) is 0 Å². The Balaban J connectivity index is 1.70. The highest BCUT2D eigenvalue weighted by Gasteiger charge is 2.21. The predicted molar refractivity (Wildman–Crippen MR) is 76.4 cm³/mol. The number of hydrogen-bond donors (Lipinski definition) is 1. The summed E-state index contributed by atoms with van der Waals surface area (Å²) in [7, 11) is 0. The van der Waals surface area contributed by atoms with Gasteiger partial charge < -0.3 is 9.84 Å². The Morgan fingerprint density at radius 3 is 3.21 bits per heavy atom. The van der Waals surface area contributed by atoms with E-state index >= 15 is 0 Å². The summed E-state index contributed by atoms with van der Waals surface area (Å²) in [6.45, 7) is 3.10. The van der Waals surface area contributed by atoms with Crippen molar-refractivity contribution in [3.8, 4) is 0 Å². The van der Waals surface area contributed by atoms with Crippen molar-refractivity contribution >= 4 is 11.8 Å². The van der Waals surface area contributed by atoms with E-state index in [4.69, 9.17) is 4.52 Å². The topological polar surface area (TPSA) is 51.0 Å². The van der Waals surface area contributed by atoms with Crippen LogP contribution in [0.1, 0.15) is 28.9 Å². The van der Waals surface area contributed by atoms with Gasteiger partial charge in [-0.25, -0.2) is 0 Å². The third-order valence-electron chi connectivity index (χ3n) is 3.15. The van der Waals surface area contributed by atoms with Crippen molar-refractivity contribution in [1.29, 1.82) is 0 Å². The first-order valence-electron chi connectivity index (χ1n) is 6.50. The van der Waals surface area contributed by atoms with E-state index in [0.29, 0.717) is 0 Å². The molecule has 1 fully saturated rings. The molecular weight excluding hydrogens is 258 g/mol. The lowest BCUT2D eigenvalue weighted by Gasteiger charge is -2.19. The molecule has 1 N–H and O–H groups in total. The Hall–Kier alpha value is -1.33. The predicted octanol–water partition coefficient (Wildman–Crippen LogP) is 2.35. The van der Waals surface area contributed by atoms with Crippen LogP contribution in [0.15, 0.2) is 28.8 Å².